The van der Waals surface area contributed by atoms with E-state index in [9.17, 15) is 9.18 Å². The Hall–Kier alpha value is -3.68. The minimum absolute atomic E-state index is 0.0289. The zero-order valence-corrected chi connectivity index (χ0v) is 20.2. The lowest BCUT2D eigenvalue weighted by molar-refractivity contribution is 0.0326. The van der Waals surface area contributed by atoms with Crippen LogP contribution >= 0.6 is 0 Å². The van der Waals surface area contributed by atoms with Gasteiger partial charge in [-0.2, -0.15) is 0 Å². The van der Waals surface area contributed by atoms with Gasteiger partial charge in [0.25, 0.3) is 0 Å². The molecule has 0 saturated carbocycles. The number of aromatic amines is 1. The van der Waals surface area contributed by atoms with Crippen molar-refractivity contribution in [3.63, 3.8) is 0 Å². The lowest BCUT2D eigenvalue weighted by Gasteiger charge is -2.29. The number of nitrogens with one attached hydrogen (secondary N) is 1. The second kappa shape index (κ2) is 9.41. The first-order chi connectivity index (χ1) is 17.6. The van der Waals surface area contributed by atoms with Crippen LogP contribution in [0.4, 0.5) is 4.39 Å². The van der Waals surface area contributed by atoms with E-state index in [1.54, 1.807) is 6.07 Å². The molecule has 1 fully saturated rings. The summed E-state index contributed by atoms with van der Waals surface area (Å²) in [5.74, 6) is 0.195. The second-order valence-corrected chi connectivity index (χ2v) is 9.48. The summed E-state index contributed by atoms with van der Waals surface area (Å²) in [5, 5.41) is 0. The minimum atomic E-state index is -0.328. The van der Waals surface area contributed by atoms with Crippen molar-refractivity contribution in [3.8, 4) is 5.75 Å². The molecule has 2 aliphatic rings. The Balaban J connectivity index is 1.40. The molecule has 184 valence electrons. The van der Waals surface area contributed by atoms with E-state index in [-0.39, 0.29) is 17.5 Å². The van der Waals surface area contributed by atoms with Crippen LogP contribution in [0, 0.1) is 5.82 Å². The normalized spacial score (nSPS) is 17.9. The second-order valence-electron chi connectivity index (χ2n) is 9.48. The number of ether oxygens (including phenoxy) is 2. The van der Waals surface area contributed by atoms with Crippen molar-refractivity contribution in [1.29, 1.82) is 0 Å². The lowest BCUT2D eigenvalue weighted by Crippen LogP contribution is -2.40. The van der Waals surface area contributed by atoms with E-state index < -0.39 is 0 Å². The maximum Gasteiger partial charge on any atom is 0.326 e. The molecule has 0 aliphatic carbocycles. The molecule has 0 unspecified atom stereocenters. The number of hydrogen-bond acceptors (Lipinski definition) is 4. The lowest BCUT2D eigenvalue weighted by atomic mass is 9.92. The van der Waals surface area contributed by atoms with Gasteiger partial charge in [0.05, 0.1) is 24.2 Å². The fourth-order valence-corrected chi connectivity index (χ4v) is 5.28. The quantitative estimate of drug-likeness (QED) is 0.449. The van der Waals surface area contributed by atoms with Crippen LogP contribution < -0.4 is 10.4 Å². The molecule has 0 spiro atoms. The number of aromatic nitrogens is 2. The number of nitrogens with zero attached hydrogens (tertiary/aromatic N) is 2. The number of fused-ring (bicyclic) bond motifs is 3. The highest BCUT2D eigenvalue weighted by molar-refractivity contribution is 5.95. The Morgan fingerprint density at radius 3 is 2.75 bits per heavy atom. The van der Waals surface area contributed by atoms with Crippen LogP contribution in [0.1, 0.15) is 35.2 Å². The Kier molecular flexibility index (Phi) is 5.95. The van der Waals surface area contributed by atoms with Gasteiger partial charge >= 0.3 is 5.69 Å². The maximum absolute atomic E-state index is 14.0. The van der Waals surface area contributed by atoms with Crippen molar-refractivity contribution in [2.45, 2.75) is 19.6 Å². The van der Waals surface area contributed by atoms with Gasteiger partial charge in [0.1, 0.15) is 18.2 Å². The summed E-state index contributed by atoms with van der Waals surface area (Å²) in [6, 6.07) is 18.8. The molecule has 1 saturated heterocycles. The zero-order valence-electron chi connectivity index (χ0n) is 20.2. The van der Waals surface area contributed by atoms with Gasteiger partial charge in [0.2, 0.25) is 0 Å². The Morgan fingerprint density at radius 1 is 1.06 bits per heavy atom. The number of imidazole rings is 1. The first-order valence-electron chi connectivity index (χ1n) is 12.3. The van der Waals surface area contributed by atoms with Gasteiger partial charge in [-0.05, 0) is 59.5 Å². The Labute approximate surface area is 208 Å². The van der Waals surface area contributed by atoms with Gasteiger partial charge in [-0.1, -0.05) is 30.3 Å². The van der Waals surface area contributed by atoms with Crippen molar-refractivity contribution < 1.29 is 13.9 Å². The van der Waals surface area contributed by atoms with Gasteiger partial charge in [0, 0.05) is 37.3 Å². The molecule has 4 aromatic rings. The molecule has 6 rings (SSSR count). The van der Waals surface area contributed by atoms with Crippen molar-refractivity contribution in [3.05, 3.63) is 99.2 Å². The molecule has 1 aromatic heterocycles. The maximum atomic E-state index is 14.0. The van der Waals surface area contributed by atoms with E-state index in [4.69, 9.17) is 9.47 Å². The molecular formula is C29H28FN3O3. The fourth-order valence-electron chi connectivity index (χ4n) is 5.28. The first-order valence-corrected chi connectivity index (χ1v) is 12.3. The average molecular weight is 486 g/mol. The third-order valence-corrected chi connectivity index (χ3v) is 7.04. The number of H-pyrrole nitrogens is 1. The van der Waals surface area contributed by atoms with E-state index in [2.05, 4.69) is 29.0 Å². The topological polar surface area (TPSA) is 59.5 Å². The SMILES string of the molecule is C[C@H](CN1CCOCC1)n1c(=O)[nH]c2cc(C=C3c4ccccc4COc4cc(F)ccc43)ccc21. The molecule has 3 heterocycles. The number of halogens is 1. The summed E-state index contributed by atoms with van der Waals surface area (Å²) in [4.78, 5) is 18.3. The van der Waals surface area contributed by atoms with Gasteiger partial charge in [-0.3, -0.25) is 9.47 Å². The highest BCUT2D eigenvalue weighted by Crippen LogP contribution is 2.38. The standard InChI is InChI=1S/C29H28FN3O3/c1-19(17-32-10-12-35-13-11-32)33-27-9-6-20(15-26(27)31-29(33)34)14-25-23-5-3-2-4-21(23)18-36-28-16-22(30)7-8-24(25)28/h2-9,14-16,19H,10-13,17-18H2,1H3,(H,31,34)/t19-/m1/s1. The largest absolute Gasteiger partial charge is 0.488 e. The number of morpholine rings is 1. The van der Waals surface area contributed by atoms with Gasteiger partial charge in [-0.15, -0.1) is 0 Å². The monoisotopic (exact) mass is 485 g/mol. The molecule has 1 N–H and O–H groups in total. The molecule has 7 heteroatoms. The van der Waals surface area contributed by atoms with Crippen LogP contribution in [0.3, 0.4) is 0 Å². The summed E-state index contributed by atoms with van der Waals surface area (Å²) in [6.45, 7) is 6.49. The summed E-state index contributed by atoms with van der Waals surface area (Å²) in [5.41, 5.74) is 6.40. The van der Waals surface area contributed by atoms with Crippen LogP contribution in [-0.4, -0.2) is 47.3 Å². The summed E-state index contributed by atoms with van der Waals surface area (Å²) in [7, 11) is 0. The first kappa shape index (κ1) is 22.8. The van der Waals surface area contributed by atoms with E-state index >= 15 is 0 Å². The van der Waals surface area contributed by atoms with Gasteiger partial charge in [0.15, 0.2) is 0 Å². The summed E-state index contributed by atoms with van der Waals surface area (Å²) >= 11 is 0. The van der Waals surface area contributed by atoms with Crippen molar-refractivity contribution in [2.75, 3.05) is 32.8 Å². The van der Waals surface area contributed by atoms with Crippen LogP contribution in [-0.2, 0) is 11.3 Å². The van der Waals surface area contributed by atoms with E-state index in [1.807, 2.05) is 41.0 Å². The predicted octanol–water partition coefficient (Wildman–Crippen LogP) is 4.84. The molecule has 0 amide bonds. The van der Waals surface area contributed by atoms with Gasteiger partial charge < -0.3 is 14.5 Å². The molecule has 36 heavy (non-hydrogen) atoms. The van der Waals surface area contributed by atoms with Crippen LogP contribution in [0.15, 0.2) is 65.5 Å². The van der Waals surface area contributed by atoms with Crippen LogP contribution in [0.25, 0.3) is 22.7 Å². The summed E-state index contributed by atoms with van der Waals surface area (Å²) < 4.78 is 27.2. The molecule has 3 aromatic carbocycles. The predicted molar refractivity (Wildman–Crippen MR) is 139 cm³/mol. The molecule has 6 nitrogen and oxygen atoms in total. The van der Waals surface area contributed by atoms with Crippen LogP contribution in [0.2, 0.25) is 0 Å². The Bertz CT molecular complexity index is 1510. The zero-order chi connectivity index (χ0) is 24.6. The van der Waals surface area contributed by atoms with Gasteiger partial charge in [-0.25, -0.2) is 9.18 Å². The Morgan fingerprint density at radius 2 is 1.89 bits per heavy atom. The van der Waals surface area contributed by atoms with Crippen molar-refractivity contribution in [1.82, 2.24) is 14.5 Å². The highest BCUT2D eigenvalue weighted by atomic mass is 19.1. The van der Waals surface area contributed by atoms with E-state index in [0.717, 1.165) is 71.7 Å². The number of hydrogen-bond donors (Lipinski definition) is 1. The smallest absolute Gasteiger partial charge is 0.326 e. The molecular weight excluding hydrogens is 457 g/mol. The fraction of sp³-hybridized carbons (Fsp3) is 0.276. The number of benzene rings is 3. The van der Waals surface area contributed by atoms with E-state index in [0.29, 0.717) is 12.4 Å². The average Bonchev–Trinajstić information content (AvgIpc) is 3.14. The molecule has 0 bridgehead atoms. The third-order valence-electron chi connectivity index (χ3n) is 7.04. The van der Waals surface area contributed by atoms with Crippen LogP contribution in [0.5, 0.6) is 5.75 Å². The van der Waals surface area contributed by atoms with Crippen molar-refractivity contribution in [2.24, 2.45) is 0 Å². The molecule has 2 aliphatic heterocycles. The van der Waals surface area contributed by atoms with E-state index in [1.165, 1.54) is 12.1 Å². The minimum Gasteiger partial charge on any atom is -0.488 e. The summed E-state index contributed by atoms with van der Waals surface area (Å²) in [6.07, 6.45) is 2.08. The molecule has 1 atom stereocenters. The third kappa shape index (κ3) is 4.25. The number of rotatable bonds is 4. The highest BCUT2D eigenvalue weighted by Gasteiger charge is 2.21. The molecule has 0 radical (unpaired) electrons. The van der Waals surface area contributed by atoms with Crippen molar-refractivity contribution >= 4 is 22.7 Å².